The van der Waals surface area contributed by atoms with E-state index in [1.165, 1.54) is 0 Å². The lowest BCUT2D eigenvalue weighted by Crippen LogP contribution is -1.85. The van der Waals surface area contributed by atoms with Crippen molar-refractivity contribution in [2.45, 2.75) is 0 Å². The molecule has 2 aromatic carbocycles. The summed E-state index contributed by atoms with van der Waals surface area (Å²) >= 11 is 0. The van der Waals surface area contributed by atoms with Gasteiger partial charge in [-0.3, -0.25) is 9.78 Å². The molecule has 0 radical (unpaired) electrons. The van der Waals surface area contributed by atoms with Crippen molar-refractivity contribution in [2.24, 2.45) is 0 Å². The molecule has 0 aliphatic heterocycles. The molecule has 0 saturated carbocycles. The van der Waals surface area contributed by atoms with E-state index >= 15 is 0 Å². The van der Waals surface area contributed by atoms with Crippen molar-refractivity contribution < 1.29 is 4.74 Å². The molecule has 1 heterocycles. The zero-order valence-electron chi connectivity index (χ0n) is 7.57. The van der Waals surface area contributed by atoms with Gasteiger partial charge in [0.2, 0.25) is 0 Å². The molecule has 68 valence electrons. The van der Waals surface area contributed by atoms with Crippen LogP contribution in [0, 0.1) is 0 Å². The summed E-state index contributed by atoms with van der Waals surface area (Å²) in [4.78, 5) is 15.5. The molecule has 0 N–H and O–H groups in total. The third-order valence-electron chi connectivity index (χ3n) is 2.49. The van der Waals surface area contributed by atoms with Crippen molar-refractivity contribution in [2.75, 3.05) is 7.11 Å². The van der Waals surface area contributed by atoms with Crippen LogP contribution in [0.3, 0.4) is 0 Å². The van der Waals surface area contributed by atoms with E-state index in [0.29, 0.717) is 5.75 Å². The molecule has 3 nitrogen and oxygen atoms in total. The number of aromatic nitrogens is 1. The lowest BCUT2D eigenvalue weighted by molar-refractivity contribution is 0.419. The van der Waals surface area contributed by atoms with E-state index in [4.69, 9.17) is 4.74 Å². The molecule has 3 heteroatoms. The summed E-state index contributed by atoms with van der Waals surface area (Å²) in [5, 5.41) is 2.44. The Morgan fingerprint density at radius 1 is 1.29 bits per heavy atom. The second-order valence-corrected chi connectivity index (χ2v) is 3.23. The van der Waals surface area contributed by atoms with E-state index in [2.05, 4.69) is 4.98 Å². The van der Waals surface area contributed by atoms with Gasteiger partial charge in [-0.2, -0.15) is 0 Å². The average molecular weight is 185 g/mol. The zero-order valence-corrected chi connectivity index (χ0v) is 7.57. The van der Waals surface area contributed by atoms with Crippen molar-refractivity contribution in [3.05, 3.63) is 34.6 Å². The topological polar surface area (TPSA) is 39.2 Å². The molecule has 3 rings (SSSR count). The fraction of sp³-hybridized carbons (Fsp3) is 0.0909. The molecule has 0 fully saturated rings. The van der Waals surface area contributed by atoms with Crippen molar-refractivity contribution >= 4 is 21.7 Å². The average Bonchev–Trinajstić information content (AvgIpc) is 2.89. The van der Waals surface area contributed by atoms with Crippen LogP contribution >= 0.6 is 0 Å². The van der Waals surface area contributed by atoms with Gasteiger partial charge in [-0.1, -0.05) is 12.1 Å². The van der Waals surface area contributed by atoms with Crippen LogP contribution in [0.5, 0.6) is 5.75 Å². The van der Waals surface area contributed by atoms with Crippen LogP contribution in [0.1, 0.15) is 0 Å². The predicted octanol–water partition coefficient (Wildman–Crippen LogP) is 1.63. The fourth-order valence-corrected chi connectivity index (χ4v) is 1.73. The highest BCUT2D eigenvalue weighted by Crippen LogP contribution is 2.29. The summed E-state index contributed by atoms with van der Waals surface area (Å²) in [7, 11) is 1.60. The Kier molecular flexibility index (Phi) is 1.24. The van der Waals surface area contributed by atoms with Crippen molar-refractivity contribution in [1.82, 2.24) is 4.98 Å². The second-order valence-electron chi connectivity index (χ2n) is 3.23. The maximum Gasteiger partial charge on any atom is 0.196 e. The number of ether oxygens (including phenoxy) is 1. The third-order valence-corrected chi connectivity index (χ3v) is 2.49. The summed E-state index contributed by atoms with van der Waals surface area (Å²) in [5.41, 5.74) is 0.875. The molecule has 3 aromatic rings. The molecule has 0 amide bonds. The molecule has 0 saturated heterocycles. The fourth-order valence-electron chi connectivity index (χ4n) is 1.73. The Morgan fingerprint density at radius 3 is 2.93 bits per heavy atom. The Morgan fingerprint density at radius 2 is 2.14 bits per heavy atom. The first-order valence-electron chi connectivity index (χ1n) is 4.33. The maximum atomic E-state index is 11.3. The highest BCUT2D eigenvalue weighted by molar-refractivity contribution is 6.15. The minimum atomic E-state index is 0.112. The molecular weight excluding hydrogens is 178 g/mol. The summed E-state index contributed by atoms with van der Waals surface area (Å²) in [6, 6.07) is 5.61. The Balaban J connectivity index is 2.53. The van der Waals surface area contributed by atoms with Gasteiger partial charge in [0.15, 0.2) is 5.43 Å². The van der Waals surface area contributed by atoms with Gasteiger partial charge in [-0.05, 0) is 6.07 Å². The van der Waals surface area contributed by atoms with Crippen LogP contribution in [0.25, 0.3) is 21.7 Å². The van der Waals surface area contributed by atoms with Gasteiger partial charge in [-0.15, -0.1) is 0 Å². The Labute approximate surface area is 79.6 Å². The first kappa shape index (κ1) is 7.50. The van der Waals surface area contributed by atoms with Crippen LogP contribution in [0.4, 0.5) is 0 Å². The zero-order chi connectivity index (χ0) is 9.71. The van der Waals surface area contributed by atoms with Crippen molar-refractivity contribution in [3.8, 4) is 5.75 Å². The van der Waals surface area contributed by atoms with E-state index < -0.39 is 0 Å². The highest BCUT2D eigenvalue weighted by atomic mass is 16.5. The first-order chi connectivity index (χ1) is 6.83. The van der Waals surface area contributed by atoms with Gasteiger partial charge in [0.25, 0.3) is 0 Å². The first-order valence-corrected chi connectivity index (χ1v) is 4.33. The number of hydrogen-bond acceptors (Lipinski definition) is 3. The lowest BCUT2D eigenvalue weighted by atomic mass is 10.2. The molecule has 0 bridgehead atoms. The van der Waals surface area contributed by atoms with Crippen LogP contribution < -0.4 is 10.2 Å². The SMILES string of the molecule is COc1cccc2c1ncc1c(=O)c12. The molecule has 14 heavy (non-hydrogen) atoms. The van der Waals surface area contributed by atoms with E-state index in [0.717, 1.165) is 21.7 Å². The molecule has 0 atom stereocenters. The van der Waals surface area contributed by atoms with Crippen LogP contribution in [-0.2, 0) is 0 Å². The summed E-state index contributed by atoms with van der Waals surface area (Å²) in [6.07, 6.45) is 1.61. The van der Waals surface area contributed by atoms with Gasteiger partial charge in [0, 0.05) is 17.0 Å². The number of methoxy groups -OCH3 is 1. The van der Waals surface area contributed by atoms with Gasteiger partial charge < -0.3 is 4.74 Å². The Bertz CT molecular complexity index is 648. The standard InChI is InChI=1S/C11H7NO2/c1-14-8-4-2-3-6-9-7(11(9)13)5-12-10(6)8/h2-5H,1H3. The molecular formula is C11H7NO2. The minimum Gasteiger partial charge on any atom is -0.494 e. The molecule has 0 spiro atoms. The van der Waals surface area contributed by atoms with Gasteiger partial charge in [-0.25, -0.2) is 0 Å². The van der Waals surface area contributed by atoms with Crippen LogP contribution in [0.15, 0.2) is 29.2 Å². The van der Waals surface area contributed by atoms with Gasteiger partial charge in [0.05, 0.1) is 12.5 Å². The van der Waals surface area contributed by atoms with E-state index in [9.17, 15) is 4.79 Å². The van der Waals surface area contributed by atoms with Gasteiger partial charge >= 0.3 is 0 Å². The third kappa shape index (κ3) is 0.763. The van der Waals surface area contributed by atoms with E-state index in [1.807, 2.05) is 18.2 Å². The monoisotopic (exact) mass is 185 g/mol. The second kappa shape index (κ2) is 2.32. The smallest absolute Gasteiger partial charge is 0.196 e. The van der Waals surface area contributed by atoms with Crippen LogP contribution in [0.2, 0.25) is 0 Å². The molecule has 0 aliphatic rings. The predicted molar refractivity (Wildman–Crippen MR) is 54.4 cm³/mol. The van der Waals surface area contributed by atoms with Gasteiger partial charge in [0.1, 0.15) is 11.3 Å². The number of nitrogens with zero attached hydrogens (tertiary/aromatic N) is 1. The minimum absolute atomic E-state index is 0.112. The number of para-hydroxylation sites is 1. The normalized spacial score (nSPS) is 11.5. The summed E-state index contributed by atoms with van der Waals surface area (Å²) < 4.78 is 5.17. The number of fused-ring (bicyclic) bond motifs is 3. The summed E-state index contributed by atoms with van der Waals surface area (Å²) in [6.45, 7) is 0. The number of rotatable bonds is 1. The highest BCUT2D eigenvalue weighted by Gasteiger charge is 2.17. The van der Waals surface area contributed by atoms with Crippen LogP contribution in [-0.4, -0.2) is 12.1 Å². The largest absolute Gasteiger partial charge is 0.494 e. The Hall–Kier alpha value is -1.90. The van der Waals surface area contributed by atoms with E-state index in [-0.39, 0.29) is 5.43 Å². The van der Waals surface area contributed by atoms with Crippen molar-refractivity contribution in [1.29, 1.82) is 0 Å². The summed E-state index contributed by atoms with van der Waals surface area (Å²) in [5.74, 6) is 0.713. The van der Waals surface area contributed by atoms with Crippen molar-refractivity contribution in [3.63, 3.8) is 0 Å². The number of pyridine rings is 1. The number of hydrogen-bond donors (Lipinski definition) is 0. The molecule has 0 aliphatic carbocycles. The number of benzene rings is 1. The van der Waals surface area contributed by atoms with E-state index in [1.54, 1.807) is 13.3 Å². The molecule has 1 aromatic heterocycles. The lowest BCUT2D eigenvalue weighted by Gasteiger charge is -2.01. The maximum absolute atomic E-state index is 11.3. The molecule has 0 unspecified atom stereocenters. The quantitative estimate of drug-likeness (QED) is 0.578.